The lowest BCUT2D eigenvalue weighted by atomic mass is 10.2. The number of anilines is 1. The summed E-state index contributed by atoms with van der Waals surface area (Å²) < 4.78 is 41.8. The minimum atomic E-state index is -5.01. The number of hydrogen-bond donors (Lipinski definition) is 1. The van der Waals surface area contributed by atoms with Crippen molar-refractivity contribution >= 4 is 17.5 Å². The number of amides is 2. The molecule has 0 aliphatic carbocycles. The second-order valence-corrected chi connectivity index (χ2v) is 4.31. The van der Waals surface area contributed by atoms with Crippen LogP contribution in [0.2, 0.25) is 0 Å². The first-order valence-electron chi connectivity index (χ1n) is 5.95. The van der Waals surface area contributed by atoms with Gasteiger partial charge in [0.25, 0.3) is 0 Å². The standard InChI is InChI=1S/C13H15F3N2O3/c1-8(18(2)12(20)13(14,15)16)11(19)17-9-4-6-10(21-3)7-5-9/h4-8H,1-3H3,(H,17,19). The molecule has 5 nitrogen and oxygen atoms in total. The number of nitrogens with one attached hydrogen (secondary N) is 1. The van der Waals surface area contributed by atoms with Crippen LogP contribution in [-0.4, -0.2) is 43.1 Å². The summed E-state index contributed by atoms with van der Waals surface area (Å²) in [4.78, 5) is 23.2. The van der Waals surface area contributed by atoms with Crippen molar-refractivity contribution in [2.24, 2.45) is 0 Å². The first-order chi connectivity index (χ1) is 9.66. The Labute approximate surface area is 119 Å². The molecule has 0 saturated heterocycles. The van der Waals surface area contributed by atoms with Crippen molar-refractivity contribution in [3.63, 3.8) is 0 Å². The van der Waals surface area contributed by atoms with Crippen LogP contribution in [0.25, 0.3) is 0 Å². The van der Waals surface area contributed by atoms with E-state index in [0.29, 0.717) is 16.3 Å². The smallest absolute Gasteiger partial charge is 0.471 e. The van der Waals surface area contributed by atoms with Crippen LogP contribution < -0.4 is 10.1 Å². The average Bonchev–Trinajstić information content (AvgIpc) is 2.44. The Morgan fingerprint density at radius 1 is 1.24 bits per heavy atom. The van der Waals surface area contributed by atoms with Crippen LogP contribution in [0.15, 0.2) is 24.3 Å². The van der Waals surface area contributed by atoms with Crippen molar-refractivity contribution in [1.82, 2.24) is 4.90 Å². The molecule has 0 fully saturated rings. The lowest BCUT2D eigenvalue weighted by Gasteiger charge is -2.24. The number of hydrogen-bond acceptors (Lipinski definition) is 3. The maximum Gasteiger partial charge on any atom is 0.471 e. The quantitative estimate of drug-likeness (QED) is 0.926. The lowest BCUT2D eigenvalue weighted by molar-refractivity contribution is -0.186. The molecule has 8 heteroatoms. The van der Waals surface area contributed by atoms with Gasteiger partial charge in [-0.3, -0.25) is 9.59 Å². The fourth-order valence-electron chi connectivity index (χ4n) is 1.47. The van der Waals surface area contributed by atoms with E-state index < -0.39 is 24.0 Å². The molecule has 1 N–H and O–H groups in total. The van der Waals surface area contributed by atoms with Crippen molar-refractivity contribution in [3.05, 3.63) is 24.3 Å². The number of methoxy groups -OCH3 is 1. The van der Waals surface area contributed by atoms with Gasteiger partial charge in [-0.25, -0.2) is 0 Å². The zero-order valence-electron chi connectivity index (χ0n) is 11.7. The minimum absolute atomic E-state index is 0.346. The van der Waals surface area contributed by atoms with E-state index in [4.69, 9.17) is 4.74 Å². The van der Waals surface area contributed by atoms with Gasteiger partial charge in [-0.1, -0.05) is 0 Å². The summed E-state index contributed by atoms with van der Waals surface area (Å²) in [7, 11) is 2.40. The van der Waals surface area contributed by atoms with Gasteiger partial charge < -0.3 is 15.0 Å². The Bertz CT molecular complexity index is 514. The van der Waals surface area contributed by atoms with Gasteiger partial charge >= 0.3 is 12.1 Å². The molecule has 0 saturated carbocycles. The number of carbonyl (C=O) groups is 2. The number of likely N-dealkylation sites (N-methyl/N-ethyl adjacent to an activating group) is 1. The highest BCUT2D eigenvalue weighted by atomic mass is 19.4. The molecule has 0 spiro atoms. The Morgan fingerprint density at radius 3 is 2.19 bits per heavy atom. The van der Waals surface area contributed by atoms with E-state index >= 15 is 0 Å². The summed E-state index contributed by atoms with van der Waals surface area (Å²) in [5, 5.41) is 2.42. The van der Waals surface area contributed by atoms with Gasteiger partial charge in [-0.2, -0.15) is 13.2 Å². The Balaban J connectivity index is 2.71. The molecule has 1 aromatic carbocycles. The highest BCUT2D eigenvalue weighted by Gasteiger charge is 2.43. The molecule has 116 valence electrons. The van der Waals surface area contributed by atoms with E-state index in [1.165, 1.54) is 26.2 Å². The summed E-state index contributed by atoms with van der Waals surface area (Å²) in [6, 6.07) is 4.99. The molecule has 0 aromatic heterocycles. The third-order valence-electron chi connectivity index (χ3n) is 2.88. The molecule has 1 unspecified atom stereocenters. The molecule has 1 atom stereocenters. The minimum Gasteiger partial charge on any atom is -0.497 e. The van der Waals surface area contributed by atoms with E-state index in [0.717, 1.165) is 7.05 Å². The van der Waals surface area contributed by atoms with Gasteiger partial charge in [0.1, 0.15) is 11.8 Å². The fraction of sp³-hybridized carbons (Fsp3) is 0.385. The SMILES string of the molecule is COc1ccc(NC(=O)C(C)N(C)C(=O)C(F)(F)F)cc1. The number of alkyl halides is 3. The van der Waals surface area contributed by atoms with Crippen LogP contribution in [0.3, 0.4) is 0 Å². The van der Waals surface area contributed by atoms with Crippen molar-refractivity contribution < 1.29 is 27.5 Å². The van der Waals surface area contributed by atoms with Gasteiger partial charge in [-0.15, -0.1) is 0 Å². The third-order valence-corrected chi connectivity index (χ3v) is 2.88. The van der Waals surface area contributed by atoms with Crippen LogP contribution >= 0.6 is 0 Å². The van der Waals surface area contributed by atoms with Gasteiger partial charge in [-0.05, 0) is 31.2 Å². The Hall–Kier alpha value is -2.25. The number of halogens is 3. The highest BCUT2D eigenvalue weighted by molar-refractivity contribution is 5.97. The van der Waals surface area contributed by atoms with Crippen LogP contribution in [0, 0.1) is 0 Å². The van der Waals surface area contributed by atoms with Crippen LogP contribution in [-0.2, 0) is 9.59 Å². The van der Waals surface area contributed by atoms with E-state index in [2.05, 4.69) is 5.32 Å². The maximum atomic E-state index is 12.3. The number of nitrogens with zero attached hydrogens (tertiary/aromatic N) is 1. The van der Waals surface area contributed by atoms with E-state index in [1.807, 2.05) is 0 Å². The van der Waals surface area contributed by atoms with Crippen molar-refractivity contribution in [1.29, 1.82) is 0 Å². The molecule has 0 aliphatic rings. The molecule has 0 heterocycles. The zero-order chi connectivity index (χ0) is 16.2. The number of rotatable bonds is 4. The monoisotopic (exact) mass is 304 g/mol. The zero-order valence-corrected chi connectivity index (χ0v) is 11.7. The molecule has 0 aliphatic heterocycles. The van der Waals surface area contributed by atoms with Crippen LogP contribution in [0.1, 0.15) is 6.92 Å². The Kier molecular flexibility index (Phi) is 5.17. The largest absolute Gasteiger partial charge is 0.497 e. The third kappa shape index (κ3) is 4.37. The van der Waals surface area contributed by atoms with E-state index in [-0.39, 0.29) is 0 Å². The number of ether oxygens (including phenoxy) is 1. The van der Waals surface area contributed by atoms with Crippen molar-refractivity contribution in [3.8, 4) is 5.75 Å². The molecule has 2 amide bonds. The second-order valence-electron chi connectivity index (χ2n) is 4.31. The van der Waals surface area contributed by atoms with Gasteiger partial charge in [0.2, 0.25) is 5.91 Å². The summed E-state index contributed by atoms with van der Waals surface area (Å²) in [6.07, 6.45) is -5.01. The summed E-state index contributed by atoms with van der Waals surface area (Å²) in [5.41, 5.74) is 0.389. The average molecular weight is 304 g/mol. The summed E-state index contributed by atoms with van der Waals surface area (Å²) >= 11 is 0. The van der Waals surface area contributed by atoms with E-state index in [1.54, 1.807) is 12.1 Å². The first kappa shape index (κ1) is 16.8. The van der Waals surface area contributed by atoms with Gasteiger partial charge in [0.05, 0.1) is 7.11 Å². The van der Waals surface area contributed by atoms with Crippen molar-refractivity contribution in [2.75, 3.05) is 19.5 Å². The first-order valence-corrected chi connectivity index (χ1v) is 5.95. The van der Waals surface area contributed by atoms with Gasteiger partial charge in [0, 0.05) is 12.7 Å². The van der Waals surface area contributed by atoms with Gasteiger partial charge in [0.15, 0.2) is 0 Å². The molecule has 1 rings (SSSR count). The molecular formula is C13H15F3N2O3. The summed E-state index contributed by atoms with van der Waals surface area (Å²) in [5.74, 6) is -2.22. The van der Waals surface area contributed by atoms with Crippen LogP contribution in [0.5, 0.6) is 5.75 Å². The predicted molar refractivity (Wildman–Crippen MR) is 69.9 cm³/mol. The molecule has 1 aromatic rings. The van der Waals surface area contributed by atoms with E-state index in [9.17, 15) is 22.8 Å². The predicted octanol–water partition coefficient (Wildman–Crippen LogP) is 2.04. The summed E-state index contributed by atoms with van der Waals surface area (Å²) in [6.45, 7) is 1.21. The Morgan fingerprint density at radius 2 is 1.76 bits per heavy atom. The van der Waals surface area contributed by atoms with Crippen molar-refractivity contribution in [2.45, 2.75) is 19.1 Å². The molecule has 21 heavy (non-hydrogen) atoms. The maximum absolute atomic E-state index is 12.3. The lowest BCUT2D eigenvalue weighted by Crippen LogP contribution is -2.48. The topological polar surface area (TPSA) is 58.6 Å². The molecular weight excluding hydrogens is 289 g/mol. The highest BCUT2D eigenvalue weighted by Crippen LogP contribution is 2.20. The fourth-order valence-corrected chi connectivity index (χ4v) is 1.47. The normalized spacial score (nSPS) is 12.5. The van der Waals surface area contributed by atoms with Crippen LogP contribution in [0.4, 0.5) is 18.9 Å². The molecule has 0 radical (unpaired) electrons. The molecule has 0 bridgehead atoms. The number of carbonyl (C=O) groups excluding carboxylic acids is 2. The number of benzene rings is 1. The second kappa shape index (κ2) is 6.47.